The molecule has 0 aromatic heterocycles. The number of nitrogens with one attached hydrogen (secondary N) is 2. The molecular weight excluding hydrogens is 509 g/mol. The molecule has 2 fully saturated rings. The summed E-state index contributed by atoms with van der Waals surface area (Å²) in [5, 5.41) is 17.8. The molecule has 2 aliphatic rings. The van der Waals surface area contributed by atoms with E-state index in [0.717, 1.165) is 71.7 Å². The van der Waals surface area contributed by atoms with Crippen molar-refractivity contribution in [1.82, 2.24) is 20.4 Å². The topological polar surface area (TPSA) is 81.6 Å². The van der Waals surface area contributed by atoms with Crippen molar-refractivity contribution in [3.05, 3.63) is 0 Å². The predicted octanol–water partition coefficient (Wildman–Crippen LogP) is 1.38. The van der Waals surface area contributed by atoms with Crippen LogP contribution in [-0.4, -0.2) is 111 Å². The van der Waals surface area contributed by atoms with Crippen molar-refractivity contribution in [3.63, 3.8) is 0 Å². The Hall–Kier alpha value is -0.200. The minimum Gasteiger partial charge on any atom is -0.387 e. The van der Waals surface area contributed by atoms with E-state index >= 15 is 0 Å². The van der Waals surface area contributed by atoms with Crippen molar-refractivity contribution in [2.45, 2.75) is 52.2 Å². The molecule has 0 saturated carbocycles. The van der Waals surface area contributed by atoms with Gasteiger partial charge in [0.25, 0.3) is 0 Å². The van der Waals surface area contributed by atoms with Crippen LogP contribution in [0.2, 0.25) is 0 Å². The number of aliphatic imine (C=N–C) groups is 1. The average molecular weight is 556 g/mol. The first kappa shape index (κ1) is 28.8. The molecule has 0 aromatic rings. The molecule has 9 heteroatoms. The molecule has 0 amide bonds. The standard InChI is InChI=1S/C22H45N5O3.HI/c1-5-19(6-2)20(27-10-14-30-15-11-27)16-24-21(23-7-3)25-17-22(4,28)18-26-8-12-29-13-9-26;/h19-20,28H,5-18H2,1-4H3,(H2,23,24,25);1H. The van der Waals surface area contributed by atoms with Crippen LogP contribution in [0.15, 0.2) is 4.99 Å². The lowest BCUT2D eigenvalue weighted by atomic mass is 9.92. The first-order chi connectivity index (χ1) is 14.5. The van der Waals surface area contributed by atoms with Crippen molar-refractivity contribution in [3.8, 4) is 0 Å². The van der Waals surface area contributed by atoms with E-state index in [9.17, 15) is 5.11 Å². The van der Waals surface area contributed by atoms with E-state index in [4.69, 9.17) is 14.5 Å². The number of nitrogens with zero attached hydrogens (tertiary/aromatic N) is 3. The minimum atomic E-state index is -0.862. The zero-order valence-corrected chi connectivity index (χ0v) is 22.4. The third-order valence-corrected chi connectivity index (χ3v) is 6.18. The van der Waals surface area contributed by atoms with Gasteiger partial charge in [-0.3, -0.25) is 14.8 Å². The number of hydrogen-bond donors (Lipinski definition) is 3. The number of β-amino-alcohol motifs (C(OH)–C–C–N with tert-alkyl or cyclic N) is 1. The van der Waals surface area contributed by atoms with E-state index in [2.05, 4.69) is 41.2 Å². The van der Waals surface area contributed by atoms with Gasteiger partial charge in [0.2, 0.25) is 0 Å². The van der Waals surface area contributed by atoms with Gasteiger partial charge in [0, 0.05) is 51.9 Å². The van der Waals surface area contributed by atoms with Crippen LogP contribution in [0.25, 0.3) is 0 Å². The summed E-state index contributed by atoms with van der Waals surface area (Å²) in [6, 6.07) is 0.460. The van der Waals surface area contributed by atoms with Crippen LogP contribution in [0.1, 0.15) is 40.5 Å². The molecule has 2 rings (SSSR count). The largest absolute Gasteiger partial charge is 0.387 e. The highest BCUT2D eigenvalue weighted by molar-refractivity contribution is 14.0. The van der Waals surface area contributed by atoms with Gasteiger partial charge in [-0.15, -0.1) is 24.0 Å². The van der Waals surface area contributed by atoms with Gasteiger partial charge in [0.1, 0.15) is 0 Å². The number of aliphatic hydroxyl groups is 1. The zero-order chi connectivity index (χ0) is 21.8. The highest BCUT2D eigenvalue weighted by Gasteiger charge is 2.28. The van der Waals surface area contributed by atoms with Crippen LogP contribution in [0.3, 0.4) is 0 Å². The maximum atomic E-state index is 10.9. The van der Waals surface area contributed by atoms with Crippen molar-refractivity contribution in [2.24, 2.45) is 10.9 Å². The molecule has 0 bridgehead atoms. The second-order valence-corrected chi connectivity index (χ2v) is 8.75. The molecule has 3 N–H and O–H groups in total. The molecule has 2 atom stereocenters. The summed E-state index contributed by atoms with van der Waals surface area (Å²) in [4.78, 5) is 9.53. The number of morpholine rings is 2. The van der Waals surface area contributed by atoms with Crippen LogP contribution in [0.4, 0.5) is 0 Å². The summed E-state index contributed by atoms with van der Waals surface area (Å²) in [5.41, 5.74) is -0.862. The number of rotatable bonds is 11. The van der Waals surface area contributed by atoms with Crippen molar-refractivity contribution < 1.29 is 14.6 Å². The number of halogens is 1. The Morgan fingerprint density at radius 2 is 1.58 bits per heavy atom. The SMILES string of the molecule is CCNC(=NCC(C)(O)CN1CCOCC1)NCC(C(CC)CC)N1CCOCC1.I. The van der Waals surface area contributed by atoms with Gasteiger partial charge < -0.3 is 25.2 Å². The van der Waals surface area contributed by atoms with Gasteiger partial charge in [-0.1, -0.05) is 26.7 Å². The summed E-state index contributed by atoms with van der Waals surface area (Å²) in [5.74, 6) is 1.42. The van der Waals surface area contributed by atoms with E-state index in [1.165, 1.54) is 12.8 Å². The van der Waals surface area contributed by atoms with E-state index in [1.807, 2.05) is 6.92 Å². The lowest BCUT2D eigenvalue weighted by Crippen LogP contribution is -2.53. The van der Waals surface area contributed by atoms with Crippen molar-refractivity contribution >= 4 is 29.9 Å². The summed E-state index contributed by atoms with van der Waals surface area (Å²) in [7, 11) is 0. The predicted molar refractivity (Wildman–Crippen MR) is 138 cm³/mol. The Labute approximate surface area is 206 Å². The molecule has 0 aliphatic carbocycles. The van der Waals surface area contributed by atoms with Crippen LogP contribution in [-0.2, 0) is 9.47 Å². The molecule has 184 valence electrons. The molecular formula is C22H46IN5O3. The summed E-state index contributed by atoms with van der Waals surface area (Å²) in [6.45, 7) is 18.0. The third-order valence-electron chi connectivity index (χ3n) is 6.18. The minimum absolute atomic E-state index is 0. The van der Waals surface area contributed by atoms with Crippen molar-refractivity contribution in [2.75, 3.05) is 78.8 Å². The van der Waals surface area contributed by atoms with Gasteiger partial charge in [0.05, 0.1) is 38.6 Å². The number of hydrogen-bond acceptors (Lipinski definition) is 6. The van der Waals surface area contributed by atoms with Gasteiger partial charge in [-0.05, 0) is 19.8 Å². The van der Waals surface area contributed by atoms with Gasteiger partial charge in [0.15, 0.2) is 5.96 Å². The highest BCUT2D eigenvalue weighted by atomic mass is 127. The van der Waals surface area contributed by atoms with Crippen LogP contribution in [0, 0.1) is 5.92 Å². The number of ether oxygens (including phenoxy) is 2. The first-order valence-electron chi connectivity index (χ1n) is 11.9. The molecule has 0 aromatic carbocycles. The van der Waals surface area contributed by atoms with E-state index in [0.29, 0.717) is 25.0 Å². The highest BCUT2D eigenvalue weighted by Crippen LogP contribution is 2.19. The van der Waals surface area contributed by atoms with E-state index in [1.54, 1.807) is 0 Å². The van der Waals surface area contributed by atoms with E-state index in [-0.39, 0.29) is 24.0 Å². The molecule has 31 heavy (non-hydrogen) atoms. The van der Waals surface area contributed by atoms with Crippen LogP contribution < -0.4 is 10.6 Å². The second kappa shape index (κ2) is 15.6. The lowest BCUT2D eigenvalue weighted by Gasteiger charge is -2.39. The summed E-state index contributed by atoms with van der Waals surface area (Å²) >= 11 is 0. The Kier molecular flexibility index (Phi) is 14.5. The molecule has 2 heterocycles. The molecule has 2 aliphatic heterocycles. The average Bonchev–Trinajstić information content (AvgIpc) is 2.76. The lowest BCUT2D eigenvalue weighted by molar-refractivity contribution is -0.0180. The smallest absolute Gasteiger partial charge is 0.191 e. The maximum absolute atomic E-state index is 10.9. The van der Waals surface area contributed by atoms with Crippen LogP contribution in [0.5, 0.6) is 0 Å². The third kappa shape index (κ3) is 10.5. The maximum Gasteiger partial charge on any atom is 0.191 e. The molecule has 8 nitrogen and oxygen atoms in total. The van der Waals surface area contributed by atoms with Gasteiger partial charge in [-0.25, -0.2) is 0 Å². The number of guanidine groups is 1. The second-order valence-electron chi connectivity index (χ2n) is 8.75. The Balaban J connectivity index is 0.00000480. The fourth-order valence-corrected chi connectivity index (χ4v) is 4.42. The first-order valence-corrected chi connectivity index (χ1v) is 11.9. The van der Waals surface area contributed by atoms with Gasteiger partial charge >= 0.3 is 0 Å². The van der Waals surface area contributed by atoms with E-state index < -0.39 is 5.60 Å². The zero-order valence-electron chi connectivity index (χ0n) is 20.1. The van der Waals surface area contributed by atoms with Gasteiger partial charge in [-0.2, -0.15) is 0 Å². The normalized spacial score (nSPS) is 21.9. The molecule has 2 saturated heterocycles. The van der Waals surface area contributed by atoms with Crippen LogP contribution >= 0.6 is 24.0 Å². The van der Waals surface area contributed by atoms with Crippen molar-refractivity contribution in [1.29, 1.82) is 0 Å². The molecule has 2 unspecified atom stereocenters. The fraction of sp³-hybridized carbons (Fsp3) is 0.955. The monoisotopic (exact) mass is 555 g/mol. The molecule has 0 radical (unpaired) electrons. The summed E-state index contributed by atoms with van der Waals surface area (Å²) < 4.78 is 11.0. The summed E-state index contributed by atoms with van der Waals surface area (Å²) in [6.07, 6.45) is 2.34. The molecule has 0 spiro atoms. The Morgan fingerprint density at radius 3 is 2.13 bits per heavy atom. The Morgan fingerprint density at radius 1 is 1.00 bits per heavy atom. The fourth-order valence-electron chi connectivity index (χ4n) is 4.42. The Bertz CT molecular complexity index is 494. The quantitative estimate of drug-likeness (QED) is 0.202.